The van der Waals surface area contributed by atoms with E-state index < -0.39 is 0 Å². The van der Waals surface area contributed by atoms with Gasteiger partial charge in [0.05, 0.1) is 16.8 Å². The van der Waals surface area contributed by atoms with E-state index in [2.05, 4.69) is 19.1 Å². The summed E-state index contributed by atoms with van der Waals surface area (Å²) in [6.45, 7) is 8.11. The fourth-order valence-electron chi connectivity index (χ4n) is 4.58. The second-order valence-corrected chi connectivity index (χ2v) is 8.71. The molecule has 5 nitrogen and oxygen atoms in total. The van der Waals surface area contributed by atoms with Gasteiger partial charge in [-0.15, -0.1) is 0 Å². The van der Waals surface area contributed by atoms with E-state index in [1.807, 2.05) is 66.1 Å². The van der Waals surface area contributed by atoms with E-state index in [0.29, 0.717) is 25.2 Å². The van der Waals surface area contributed by atoms with Crippen molar-refractivity contribution in [1.29, 1.82) is 0 Å². The summed E-state index contributed by atoms with van der Waals surface area (Å²) in [5.41, 5.74) is 4.26. The summed E-state index contributed by atoms with van der Waals surface area (Å²) in [4.78, 5) is 35.0. The number of likely N-dealkylation sites (tertiary alicyclic amines) is 1. The van der Waals surface area contributed by atoms with E-state index in [1.54, 1.807) is 0 Å². The average molecular weight is 430 g/mol. The topological polar surface area (TPSA) is 53.5 Å². The maximum atomic E-state index is 13.6. The van der Waals surface area contributed by atoms with E-state index in [0.717, 1.165) is 47.0 Å². The Labute approximate surface area is 190 Å². The third-order valence-electron chi connectivity index (χ3n) is 6.33. The largest absolute Gasteiger partial charge is 0.338 e. The first kappa shape index (κ1) is 22.0. The smallest absolute Gasteiger partial charge is 0.255 e. The van der Waals surface area contributed by atoms with Gasteiger partial charge in [0, 0.05) is 36.6 Å². The van der Waals surface area contributed by atoms with Gasteiger partial charge in [-0.1, -0.05) is 37.3 Å². The van der Waals surface area contributed by atoms with Crippen LogP contribution in [0, 0.1) is 13.8 Å². The molecule has 4 rings (SSSR count). The van der Waals surface area contributed by atoms with E-state index >= 15 is 0 Å². The summed E-state index contributed by atoms with van der Waals surface area (Å²) in [6.07, 6.45) is 2.49. The predicted octanol–water partition coefficient (Wildman–Crippen LogP) is 5.01. The van der Waals surface area contributed by atoms with Crippen molar-refractivity contribution in [2.45, 2.75) is 46.1 Å². The van der Waals surface area contributed by atoms with Crippen LogP contribution in [0.4, 0.5) is 0 Å². The number of carbonyl (C=O) groups excluding carboxylic acids is 2. The van der Waals surface area contributed by atoms with Crippen LogP contribution < -0.4 is 0 Å². The van der Waals surface area contributed by atoms with E-state index in [4.69, 9.17) is 4.98 Å². The highest BCUT2D eigenvalue weighted by atomic mass is 16.2. The number of hydrogen-bond acceptors (Lipinski definition) is 3. The van der Waals surface area contributed by atoms with Gasteiger partial charge in [0.15, 0.2) is 0 Å². The van der Waals surface area contributed by atoms with E-state index in [-0.39, 0.29) is 17.9 Å². The Morgan fingerprint density at radius 2 is 1.75 bits per heavy atom. The van der Waals surface area contributed by atoms with Crippen LogP contribution in [-0.4, -0.2) is 52.3 Å². The van der Waals surface area contributed by atoms with Crippen molar-refractivity contribution < 1.29 is 9.59 Å². The quantitative estimate of drug-likeness (QED) is 0.573. The summed E-state index contributed by atoms with van der Waals surface area (Å²) in [5, 5.41) is 0.990. The molecule has 0 saturated carbocycles. The van der Waals surface area contributed by atoms with Gasteiger partial charge in [-0.25, -0.2) is 0 Å². The van der Waals surface area contributed by atoms with Gasteiger partial charge in [0.2, 0.25) is 0 Å². The summed E-state index contributed by atoms with van der Waals surface area (Å²) in [6, 6.07) is 17.7. The monoisotopic (exact) mass is 429 g/mol. The van der Waals surface area contributed by atoms with Gasteiger partial charge >= 0.3 is 0 Å². The van der Waals surface area contributed by atoms with Gasteiger partial charge in [0.1, 0.15) is 0 Å². The van der Waals surface area contributed by atoms with E-state index in [9.17, 15) is 9.59 Å². The number of rotatable bonds is 5. The number of benzene rings is 2. The lowest BCUT2D eigenvalue weighted by Gasteiger charge is -2.38. The molecule has 2 amide bonds. The van der Waals surface area contributed by atoms with Crippen LogP contribution in [0.25, 0.3) is 10.9 Å². The summed E-state index contributed by atoms with van der Waals surface area (Å²) in [5.74, 6) is 0.120. The molecule has 2 heterocycles. The second kappa shape index (κ2) is 9.51. The highest BCUT2D eigenvalue weighted by Crippen LogP contribution is 2.24. The number of carbonyl (C=O) groups is 2. The van der Waals surface area contributed by atoms with Crippen molar-refractivity contribution in [1.82, 2.24) is 14.8 Å². The second-order valence-electron chi connectivity index (χ2n) is 8.71. The molecule has 0 unspecified atom stereocenters. The van der Waals surface area contributed by atoms with Crippen molar-refractivity contribution in [2.75, 3.05) is 19.6 Å². The van der Waals surface area contributed by atoms with Gasteiger partial charge in [-0.3, -0.25) is 14.6 Å². The van der Waals surface area contributed by atoms with Gasteiger partial charge < -0.3 is 9.80 Å². The molecule has 5 heteroatoms. The number of pyridine rings is 1. The summed E-state index contributed by atoms with van der Waals surface area (Å²) >= 11 is 0. The van der Waals surface area contributed by atoms with E-state index in [1.165, 1.54) is 0 Å². The van der Waals surface area contributed by atoms with Crippen molar-refractivity contribution in [3.63, 3.8) is 0 Å². The average Bonchev–Trinajstić information content (AvgIpc) is 2.82. The Hall–Kier alpha value is -3.21. The summed E-state index contributed by atoms with van der Waals surface area (Å²) < 4.78 is 0. The van der Waals surface area contributed by atoms with Gasteiger partial charge in [-0.2, -0.15) is 0 Å². The zero-order valence-corrected chi connectivity index (χ0v) is 19.2. The van der Waals surface area contributed by atoms with Crippen molar-refractivity contribution in [3.8, 4) is 0 Å². The number of aromatic nitrogens is 1. The lowest BCUT2D eigenvalue weighted by atomic mass is 9.99. The first-order valence-electron chi connectivity index (χ1n) is 11.5. The lowest BCUT2D eigenvalue weighted by molar-refractivity contribution is 0.0518. The van der Waals surface area contributed by atoms with Gasteiger partial charge in [0.25, 0.3) is 11.8 Å². The fraction of sp³-hybridized carbons (Fsp3) is 0.370. The van der Waals surface area contributed by atoms with Crippen molar-refractivity contribution >= 4 is 22.7 Å². The molecule has 0 atom stereocenters. The van der Waals surface area contributed by atoms with Gasteiger partial charge in [-0.05, 0) is 62.9 Å². The third kappa shape index (κ3) is 4.52. The molecule has 1 aromatic heterocycles. The predicted molar refractivity (Wildman–Crippen MR) is 128 cm³/mol. The highest BCUT2D eigenvalue weighted by Gasteiger charge is 2.31. The van der Waals surface area contributed by atoms with Crippen LogP contribution in [-0.2, 0) is 0 Å². The van der Waals surface area contributed by atoms with Crippen LogP contribution >= 0.6 is 0 Å². The Kier molecular flexibility index (Phi) is 6.54. The molecule has 1 fully saturated rings. The number of nitrogens with zero attached hydrogens (tertiary/aromatic N) is 3. The first-order chi connectivity index (χ1) is 15.5. The minimum Gasteiger partial charge on any atom is -0.338 e. The van der Waals surface area contributed by atoms with Crippen LogP contribution in [0.5, 0.6) is 0 Å². The summed E-state index contributed by atoms with van der Waals surface area (Å²) in [7, 11) is 0. The number of fused-ring (bicyclic) bond motifs is 1. The molecule has 2 aromatic carbocycles. The standard InChI is InChI=1S/C27H31N3O2/c1-4-14-30(23-12-15-29(16-13-23)26(31)21-8-6-5-7-9-21)27(32)24-18-22-11-10-19(2)17-25(22)28-20(24)3/h5-11,17-18,23H,4,12-16H2,1-3H3. The van der Waals surface area contributed by atoms with Crippen molar-refractivity contribution in [2.24, 2.45) is 0 Å². The molecule has 0 radical (unpaired) electrons. The minimum absolute atomic E-state index is 0.0483. The van der Waals surface area contributed by atoms with Crippen LogP contribution in [0.1, 0.15) is 58.2 Å². The number of aryl methyl sites for hydroxylation is 2. The fourth-order valence-corrected chi connectivity index (χ4v) is 4.58. The number of amides is 2. The Morgan fingerprint density at radius 1 is 1.03 bits per heavy atom. The normalized spacial score (nSPS) is 14.5. The molecule has 1 saturated heterocycles. The first-order valence-corrected chi connectivity index (χ1v) is 11.5. The molecule has 166 valence electrons. The molecular weight excluding hydrogens is 398 g/mol. The van der Waals surface area contributed by atoms with Crippen LogP contribution in [0.15, 0.2) is 54.6 Å². The molecule has 32 heavy (non-hydrogen) atoms. The maximum Gasteiger partial charge on any atom is 0.255 e. The molecule has 0 aliphatic carbocycles. The van der Waals surface area contributed by atoms with Crippen LogP contribution in [0.3, 0.4) is 0 Å². The molecular formula is C27H31N3O2. The third-order valence-corrected chi connectivity index (χ3v) is 6.33. The molecule has 0 N–H and O–H groups in total. The number of hydrogen-bond donors (Lipinski definition) is 0. The Bertz CT molecular complexity index is 1120. The van der Waals surface area contributed by atoms with Crippen LogP contribution in [0.2, 0.25) is 0 Å². The Balaban J connectivity index is 1.51. The lowest BCUT2D eigenvalue weighted by Crippen LogP contribution is -2.49. The molecule has 3 aromatic rings. The SMILES string of the molecule is CCCN(C(=O)c1cc2ccc(C)cc2nc1C)C1CCN(C(=O)c2ccccc2)CC1. The van der Waals surface area contributed by atoms with Crippen molar-refractivity contribution in [3.05, 3.63) is 77.0 Å². The maximum absolute atomic E-state index is 13.6. The highest BCUT2D eigenvalue weighted by molar-refractivity contribution is 5.99. The minimum atomic E-state index is 0.0483. The number of piperidine rings is 1. The molecule has 0 spiro atoms. The molecule has 0 bridgehead atoms. The Morgan fingerprint density at radius 3 is 2.44 bits per heavy atom. The zero-order valence-electron chi connectivity index (χ0n) is 19.2. The molecule has 1 aliphatic heterocycles. The molecule has 1 aliphatic rings. The zero-order chi connectivity index (χ0) is 22.7.